The second kappa shape index (κ2) is 4.08. The SMILES string of the molecule is COc1cc([C@@H]2OC[C@@H](C)O2)ccc1O. The Bertz CT molecular complexity index is 350. The van der Waals surface area contributed by atoms with Crippen molar-refractivity contribution in [3.63, 3.8) is 0 Å². The number of hydrogen-bond acceptors (Lipinski definition) is 4. The summed E-state index contributed by atoms with van der Waals surface area (Å²) in [4.78, 5) is 0. The monoisotopic (exact) mass is 210 g/mol. The van der Waals surface area contributed by atoms with Gasteiger partial charge in [0.15, 0.2) is 17.8 Å². The summed E-state index contributed by atoms with van der Waals surface area (Å²) in [6.07, 6.45) is -0.246. The molecule has 0 saturated carbocycles. The normalized spacial score (nSPS) is 25.5. The van der Waals surface area contributed by atoms with Crippen molar-refractivity contribution in [1.82, 2.24) is 0 Å². The van der Waals surface area contributed by atoms with Crippen molar-refractivity contribution in [3.8, 4) is 11.5 Å². The van der Waals surface area contributed by atoms with Gasteiger partial charge in [0, 0.05) is 5.56 Å². The van der Waals surface area contributed by atoms with Crippen molar-refractivity contribution < 1.29 is 19.3 Å². The lowest BCUT2D eigenvalue weighted by molar-refractivity contribution is -0.0573. The van der Waals surface area contributed by atoms with E-state index in [2.05, 4.69) is 0 Å². The van der Waals surface area contributed by atoms with Crippen LogP contribution in [0.25, 0.3) is 0 Å². The molecule has 0 amide bonds. The molecule has 1 aliphatic heterocycles. The summed E-state index contributed by atoms with van der Waals surface area (Å²) >= 11 is 0. The molecule has 1 aliphatic rings. The minimum Gasteiger partial charge on any atom is -0.504 e. The third-order valence-corrected chi connectivity index (χ3v) is 2.31. The van der Waals surface area contributed by atoms with Gasteiger partial charge in [0.25, 0.3) is 0 Å². The summed E-state index contributed by atoms with van der Waals surface area (Å²) in [5, 5.41) is 9.42. The van der Waals surface area contributed by atoms with E-state index in [1.807, 2.05) is 6.92 Å². The number of ether oxygens (including phenoxy) is 3. The first kappa shape index (κ1) is 10.3. The van der Waals surface area contributed by atoms with Crippen molar-refractivity contribution in [1.29, 1.82) is 0 Å². The molecule has 0 aliphatic carbocycles. The number of hydrogen-bond donors (Lipinski definition) is 1. The number of methoxy groups -OCH3 is 1. The first-order chi connectivity index (χ1) is 7.20. The van der Waals surface area contributed by atoms with E-state index in [1.54, 1.807) is 18.2 Å². The summed E-state index contributed by atoms with van der Waals surface area (Å²) in [6, 6.07) is 5.06. The molecule has 2 rings (SSSR count). The van der Waals surface area contributed by atoms with Crippen LogP contribution in [0, 0.1) is 0 Å². The Morgan fingerprint density at radius 1 is 1.47 bits per heavy atom. The molecule has 4 heteroatoms. The molecule has 15 heavy (non-hydrogen) atoms. The quantitative estimate of drug-likeness (QED) is 0.809. The van der Waals surface area contributed by atoms with Gasteiger partial charge in [-0.2, -0.15) is 0 Å². The van der Waals surface area contributed by atoms with Gasteiger partial charge in [-0.05, 0) is 19.1 Å². The number of phenolic OH excluding ortho intramolecular Hbond substituents is 1. The van der Waals surface area contributed by atoms with E-state index in [4.69, 9.17) is 14.2 Å². The van der Waals surface area contributed by atoms with E-state index in [0.29, 0.717) is 12.4 Å². The molecule has 82 valence electrons. The predicted molar refractivity (Wildman–Crippen MR) is 53.9 cm³/mol. The van der Waals surface area contributed by atoms with Gasteiger partial charge in [0.2, 0.25) is 0 Å². The van der Waals surface area contributed by atoms with Crippen LogP contribution in [0.15, 0.2) is 18.2 Å². The molecule has 2 atom stereocenters. The molecule has 1 saturated heterocycles. The standard InChI is InChI=1S/C11H14O4/c1-7-6-14-11(15-7)8-3-4-9(12)10(5-8)13-2/h3-5,7,11-12H,6H2,1-2H3/t7-,11-/m1/s1. The van der Waals surface area contributed by atoms with Crippen LogP contribution in [0.3, 0.4) is 0 Å². The summed E-state index contributed by atoms with van der Waals surface area (Å²) in [5.74, 6) is 0.548. The second-order valence-electron chi connectivity index (χ2n) is 3.54. The largest absolute Gasteiger partial charge is 0.504 e. The van der Waals surface area contributed by atoms with Gasteiger partial charge < -0.3 is 19.3 Å². The first-order valence-corrected chi connectivity index (χ1v) is 4.84. The predicted octanol–water partition coefficient (Wildman–Crippen LogP) is 1.83. The second-order valence-corrected chi connectivity index (χ2v) is 3.54. The van der Waals surface area contributed by atoms with Crippen molar-refractivity contribution >= 4 is 0 Å². The Hall–Kier alpha value is -1.26. The number of benzene rings is 1. The topological polar surface area (TPSA) is 47.9 Å². The van der Waals surface area contributed by atoms with Gasteiger partial charge in [0.1, 0.15) is 0 Å². The molecule has 1 fully saturated rings. The van der Waals surface area contributed by atoms with E-state index >= 15 is 0 Å². The van der Waals surface area contributed by atoms with Crippen LogP contribution in [-0.4, -0.2) is 24.9 Å². The van der Waals surface area contributed by atoms with Crippen LogP contribution in [0.2, 0.25) is 0 Å². The molecule has 0 aromatic heterocycles. The molecular weight excluding hydrogens is 196 g/mol. The number of phenols is 1. The zero-order valence-electron chi connectivity index (χ0n) is 8.77. The Kier molecular flexibility index (Phi) is 2.79. The summed E-state index contributed by atoms with van der Waals surface area (Å²) in [7, 11) is 1.51. The van der Waals surface area contributed by atoms with E-state index in [1.165, 1.54) is 7.11 Å². The Morgan fingerprint density at radius 3 is 2.87 bits per heavy atom. The van der Waals surface area contributed by atoms with Crippen molar-refractivity contribution in [2.45, 2.75) is 19.3 Å². The molecule has 1 heterocycles. The molecule has 0 bridgehead atoms. The molecule has 0 spiro atoms. The molecule has 0 radical (unpaired) electrons. The van der Waals surface area contributed by atoms with Crippen LogP contribution in [-0.2, 0) is 9.47 Å². The molecule has 1 aromatic rings. The molecule has 0 unspecified atom stereocenters. The van der Waals surface area contributed by atoms with Crippen molar-refractivity contribution in [3.05, 3.63) is 23.8 Å². The fourth-order valence-corrected chi connectivity index (χ4v) is 1.53. The van der Waals surface area contributed by atoms with Crippen LogP contribution in [0.4, 0.5) is 0 Å². The Morgan fingerprint density at radius 2 is 2.27 bits per heavy atom. The Balaban J connectivity index is 2.21. The molecular formula is C11H14O4. The lowest BCUT2D eigenvalue weighted by atomic mass is 10.2. The van der Waals surface area contributed by atoms with E-state index in [-0.39, 0.29) is 18.1 Å². The smallest absolute Gasteiger partial charge is 0.184 e. The highest BCUT2D eigenvalue weighted by Gasteiger charge is 2.24. The summed E-state index contributed by atoms with van der Waals surface area (Å²) < 4.78 is 16.0. The van der Waals surface area contributed by atoms with Gasteiger partial charge in [-0.3, -0.25) is 0 Å². The fraction of sp³-hybridized carbons (Fsp3) is 0.455. The van der Waals surface area contributed by atoms with E-state index in [9.17, 15) is 5.11 Å². The highest BCUT2D eigenvalue weighted by atomic mass is 16.7. The van der Waals surface area contributed by atoms with Crippen LogP contribution in [0.5, 0.6) is 11.5 Å². The average molecular weight is 210 g/mol. The van der Waals surface area contributed by atoms with E-state index in [0.717, 1.165) is 5.56 Å². The van der Waals surface area contributed by atoms with Crippen LogP contribution in [0.1, 0.15) is 18.8 Å². The maximum atomic E-state index is 9.42. The zero-order valence-corrected chi connectivity index (χ0v) is 8.77. The Labute approximate surface area is 88.4 Å². The third-order valence-electron chi connectivity index (χ3n) is 2.31. The van der Waals surface area contributed by atoms with Gasteiger partial charge >= 0.3 is 0 Å². The fourth-order valence-electron chi connectivity index (χ4n) is 1.53. The summed E-state index contributed by atoms with van der Waals surface area (Å²) in [6.45, 7) is 2.55. The molecule has 1 aromatic carbocycles. The highest BCUT2D eigenvalue weighted by molar-refractivity contribution is 5.42. The minimum absolute atomic E-state index is 0.106. The number of rotatable bonds is 2. The average Bonchev–Trinajstić information content (AvgIpc) is 2.66. The van der Waals surface area contributed by atoms with Crippen LogP contribution < -0.4 is 4.74 Å². The summed E-state index contributed by atoms with van der Waals surface area (Å²) in [5.41, 5.74) is 0.856. The maximum absolute atomic E-state index is 9.42. The third kappa shape index (κ3) is 2.06. The van der Waals surface area contributed by atoms with Crippen molar-refractivity contribution in [2.75, 3.05) is 13.7 Å². The minimum atomic E-state index is -0.352. The highest BCUT2D eigenvalue weighted by Crippen LogP contribution is 2.33. The van der Waals surface area contributed by atoms with E-state index < -0.39 is 0 Å². The van der Waals surface area contributed by atoms with Gasteiger partial charge in [-0.25, -0.2) is 0 Å². The van der Waals surface area contributed by atoms with Crippen molar-refractivity contribution in [2.24, 2.45) is 0 Å². The lowest BCUT2D eigenvalue weighted by Gasteiger charge is -2.12. The maximum Gasteiger partial charge on any atom is 0.184 e. The number of aromatic hydroxyl groups is 1. The molecule has 1 N–H and O–H groups in total. The zero-order chi connectivity index (χ0) is 10.8. The van der Waals surface area contributed by atoms with Gasteiger partial charge in [0.05, 0.1) is 19.8 Å². The van der Waals surface area contributed by atoms with Crippen LogP contribution >= 0.6 is 0 Å². The first-order valence-electron chi connectivity index (χ1n) is 4.84. The van der Waals surface area contributed by atoms with Gasteiger partial charge in [-0.15, -0.1) is 0 Å². The molecule has 4 nitrogen and oxygen atoms in total. The van der Waals surface area contributed by atoms with Gasteiger partial charge in [-0.1, -0.05) is 6.07 Å². The lowest BCUT2D eigenvalue weighted by Crippen LogP contribution is -2.02.